The third-order valence-electron chi connectivity index (χ3n) is 4.22. The Morgan fingerprint density at radius 3 is 2.33 bits per heavy atom. The predicted molar refractivity (Wildman–Crippen MR) is 102 cm³/mol. The summed E-state index contributed by atoms with van der Waals surface area (Å²) < 4.78 is 10.8. The van der Waals surface area contributed by atoms with E-state index in [1.807, 2.05) is 0 Å². The first-order valence-electron chi connectivity index (χ1n) is 8.67. The van der Waals surface area contributed by atoms with E-state index in [0.29, 0.717) is 10.6 Å². The van der Waals surface area contributed by atoms with Crippen LogP contribution >= 0.6 is 11.6 Å². The van der Waals surface area contributed by atoms with Crippen LogP contribution in [0.5, 0.6) is 0 Å². The summed E-state index contributed by atoms with van der Waals surface area (Å²) >= 11 is 6.32. The summed E-state index contributed by atoms with van der Waals surface area (Å²) in [5, 5.41) is 1.55. The number of hydroxylamine groups is 2. The van der Waals surface area contributed by atoms with Gasteiger partial charge in [0.05, 0.1) is 11.0 Å². The molecule has 1 aromatic carbocycles. The maximum Gasteiger partial charge on any atom is 0.316 e. The lowest BCUT2D eigenvalue weighted by Gasteiger charge is -2.34. The van der Waals surface area contributed by atoms with E-state index < -0.39 is 29.1 Å². The summed E-state index contributed by atoms with van der Waals surface area (Å²) in [7, 11) is 1.47. The number of amides is 1. The average molecular weight is 396 g/mol. The Labute approximate surface area is 165 Å². The Morgan fingerprint density at radius 2 is 1.81 bits per heavy atom. The molecule has 0 aliphatic carbocycles. The summed E-state index contributed by atoms with van der Waals surface area (Å²) in [5.41, 5.74) is -1.11. The maximum absolute atomic E-state index is 13.2. The zero-order chi connectivity index (χ0) is 20.6. The van der Waals surface area contributed by atoms with Crippen LogP contribution < -0.4 is 0 Å². The number of nitrogens with zero attached hydrogens (tertiary/aromatic N) is 1. The SMILES string of the molecule is COC(C)ON1C(=O)C(c2ccccc2Cl)=C(OC(=O)C(C)(C)C)C1(C)C. The minimum atomic E-state index is -1.04. The third kappa shape index (κ3) is 4.18. The molecule has 0 aromatic heterocycles. The Balaban J connectivity index is 2.61. The van der Waals surface area contributed by atoms with Crippen molar-refractivity contribution in [2.75, 3.05) is 7.11 Å². The largest absolute Gasteiger partial charge is 0.427 e. The number of carbonyl (C=O) groups excluding carboxylic acids is 2. The fourth-order valence-corrected chi connectivity index (χ4v) is 2.78. The Bertz CT molecular complexity index is 779. The van der Waals surface area contributed by atoms with Gasteiger partial charge >= 0.3 is 5.97 Å². The van der Waals surface area contributed by atoms with Crippen molar-refractivity contribution in [3.05, 3.63) is 40.6 Å². The van der Waals surface area contributed by atoms with Crippen LogP contribution in [0.4, 0.5) is 0 Å². The third-order valence-corrected chi connectivity index (χ3v) is 4.55. The van der Waals surface area contributed by atoms with Crippen LogP contribution in [0.25, 0.3) is 5.57 Å². The highest BCUT2D eigenvalue weighted by Crippen LogP contribution is 2.43. The Hall–Kier alpha value is -1.89. The molecule has 0 saturated carbocycles. The summed E-state index contributed by atoms with van der Waals surface area (Å²) in [6, 6.07) is 6.91. The monoisotopic (exact) mass is 395 g/mol. The van der Waals surface area contributed by atoms with Crippen LogP contribution in [0.3, 0.4) is 0 Å². The first-order chi connectivity index (χ1) is 12.4. The van der Waals surface area contributed by atoms with E-state index in [4.69, 9.17) is 25.9 Å². The molecule has 1 aliphatic heterocycles. The van der Waals surface area contributed by atoms with Gasteiger partial charge in [-0.1, -0.05) is 29.8 Å². The number of rotatable bonds is 5. The van der Waals surface area contributed by atoms with Gasteiger partial charge in [0.15, 0.2) is 6.29 Å². The van der Waals surface area contributed by atoms with Gasteiger partial charge in [0.2, 0.25) is 0 Å². The second kappa shape index (κ2) is 7.62. The number of methoxy groups -OCH3 is 1. The van der Waals surface area contributed by atoms with Crippen molar-refractivity contribution in [1.82, 2.24) is 5.06 Å². The number of benzene rings is 1. The fourth-order valence-electron chi connectivity index (χ4n) is 2.54. The molecule has 148 valence electrons. The first-order valence-corrected chi connectivity index (χ1v) is 9.05. The second-order valence-electron chi connectivity index (χ2n) is 7.89. The first kappa shape index (κ1) is 21.4. The number of hydrogen-bond acceptors (Lipinski definition) is 5. The van der Waals surface area contributed by atoms with E-state index in [-0.39, 0.29) is 11.3 Å². The Morgan fingerprint density at radius 1 is 1.22 bits per heavy atom. The molecule has 0 radical (unpaired) electrons. The van der Waals surface area contributed by atoms with Crippen molar-refractivity contribution < 1.29 is 23.9 Å². The van der Waals surface area contributed by atoms with Crippen LogP contribution in [0.1, 0.15) is 47.1 Å². The smallest absolute Gasteiger partial charge is 0.316 e. The van der Waals surface area contributed by atoms with Crippen LogP contribution in [0.2, 0.25) is 5.02 Å². The Kier molecular flexibility index (Phi) is 6.04. The number of esters is 1. The van der Waals surface area contributed by atoms with E-state index >= 15 is 0 Å². The van der Waals surface area contributed by atoms with Crippen molar-refractivity contribution in [2.24, 2.45) is 5.41 Å². The van der Waals surface area contributed by atoms with E-state index in [1.54, 1.807) is 65.8 Å². The summed E-state index contributed by atoms with van der Waals surface area (Å²) in [5.74, 6) is -0.706. The van der Waals surface area contributed by atoms with Gasteiger partial charge in [-0.25, -0.2) is 9.90 Å². The lowest BCUT2D eigenvalue weighted by atomic mass is 9.95. The van der Waals surface area contributed by atoms with Gasteiger partial charge in [-0.2, -0.15) is 0 Å². The van der Waals surface area contributed by atoms with Crippen molar-refractivity contribution >= 4 is 29.1 Å². The van der Waals surface area contributed by atoms with Gasteiger partial charge in [0, 0.05) is 17.7 Å². The van der Waals surface area contributed by atoms with E-state index in [0.717, 1.165) is 0 Å². The molecule has 1 heterocycles. The quantitative estimate of drug-likeness (QED) is 0.552. The van der Waals surface area contributed by atoms with Gasteiger partial charge < -0.3 is 9.47 Å². The van der Waals surface area contributed by atoms with E-state index in [9.17, 15) is 9.59 Å². The highest BCUT2D eigenvalue weighted by Gasteiger charge is 2.51. The van der Waals surface area contributed by atoms with Gasteiger partial charge in [-0.15, -0.1) is 0 Å². The molecule has 2 rings (SSSR count). The van der Waals surface area contributed by atoms with Crippen LogP contribution in [-0.2, 0) is 23.9 Å². The van der Waals surface area contributed by atoms with E-state index in [2.05, 4.69) is 0 Å². The van der Waals surface area contributed by atoms with Gasteiger partial charge in [0.25, 0.3) is 5.91 Å². The zero-order valence-corrected chi connectivity index (χ0v) is 17.5. The molecule has 0 spiro atoms. The molecule has 27 heavy (non-hydrogen) atoms. The molecule has 1 amide bonds. The summed E-state index contributed by atoms with van der Waals surface area (Å²) in [6.07, 6.45) is -0.668. The standard InChI is InChI=1S/C20H26ClNO5/c1-12(25-7)27-22-17(23)15(13-10-8-9-11-14(13)21)16(20(22,5)6)26-18(24)19(2,3)4/h8-12H,1-7H3. The van der Waals surface area contributed by atoms with E-state index in [1.165, 1.54) is 12.2 Å². The van der Waals surface area contributed by atoms with Crippen LogP contribution in [0.15, 0.2) is 30.0 Å². The van der Waals surface area contributed by atoms with Gasteiger partial charge in [-0.3, -0.25) is 9.59 Å². The minimum absolute atomic E-state index is 0.198. The lowest BCUT2D eigenvalue weighted by Crippen LogP contribution is -2.46. The molecule has 1 unspecified atom stereocenters. The minimum Gasteiger partial charge on any atom is -0.427 e. The molecule has 1 aromatic rings. The highest BCUT2D eigenvalue weighted by molar-refractivity contribution is 6.35. The van der Waals surface area contributed by atoms with Crippen LogP contribution in [0, 0.1) is 5.41 Å². The molecular weight excluding hydrogens is 370 g/mol. The summed E-state index contributed by atoms with van der Waals surface area (Å²) in [6.45, 7) is 10.4. The van der Waals surface area contributed by atoms with Crippen molar-refractivity contribution in [3.8, 4) is 0 Å². The number of ether oxygens (including phenoxy) is 2. The van der Waals surface area contributed by atoms with Crippen molar-refractivity contribution in [1.29, 1.82) is 0 Å². The molecule has 0 fully saturated rings. The topological polar surface area (TPSA) is 65.1 Å². The fraction of sp³-hybridized carbons (Fsp3) is 0.500. The van der Waals surface area contributed by atoms with Crippen molar-refractivity contribution in [2.45, 2.75) is 53.4 Å². The zero-order valence-electron chi connectivity index (χ0n) is 16.8. The van der Waals surface area contributed by atoms with Crippen LogP contribution in [-0.4, -0.2) is 35.9 Å². The summed E-state index contributed by atoms with van der Waals surface area (Å²) in [4.78, 5) is 31.4. The molecule has 1 aliphatic rings. The number of hydrogen-bond donors (Lipinski definition) is 0. The lowest BCUT2D eigenvalue weighted by molar-refractivity contribution is -0.276. The highest BCUT2D eigenvalue weighted by atomic mass is 35.5. The molecular formula is C20H26ClNO5. The number of halogens is 1. The predicted octanol–water partition coefficient (Wildman–Crippen LogP) is 4.19. The molecule has 0 saturated heterocycles. The molecule has 6 nitrogen and oxygen atoms in total. The average Bonchev–Trinajstić information content (AvgIpc) is 2.75. The van der Waals surface area contributed by atoms with Gasteiger partial charge in [-0.05, 0) is 47.6 Å². The molecule has 1 atom stereocenters. The molecule has 0 N–H and O–H groups in total. The normalized spacial score (nSPS) is 18.1. The van der Waals surface area contributed by atoms with Gasteiger partial charge in [0.1, 0.15) is 11.3 Å². The molecule has 7 heteroatoms. The molecule has 0 bridgehead atoms. The van der Waals surface area contributed by atoms with Crippen molar-refractivity contribution in [3.63, 3.8) is 0 Å². The maximum atomic E-state index is 13.2. The number of carbonyl (C=O) groups is 2. The second-order valence-corrected chi connectivity index (χ2v) is 8.30.